The van der Waals surface area contributed by atoms with E-state index >= 15 is 0 Å². The van der Waals surface area contributed by atoms with Crippen LogP contribution in [-0.4, -0.2) is 37.1 Å². The maximum Gasteiger partial charge on any atom is 0.126 e. The van der Waals surface area contributed by atoms with Gasteiger partial charge in [-0.05, 0) is 37.9 Å². The molecule has 0 aliphatic carbocycles. The number of nitrogens with zero attached hydrogens (tertiary/aromatic N) is 1. The topological polar surface area (TPSA) is 15.3 Å². The molecule has 1 aromatic carbocycles. The maximum atomic E-state index is 13.4. The molecule has 0 bridgehead atoms. The SMILES string of the molecule is CC1CNCCN1CCCc1ccccc1F. The van der Waals surface area contributed by atoms with Crippen LogP contribution in [0, 0.1) is 5.82 Å². The molecule has 1 heterocycles. The number of halogens is 1. The lowest BCUT2D eigenvalue weighted by molar-refractivity contribution is 0.172. The number of benzene rings is 1. The molecule has 2 rings (SSSR count). The van der Waals surface area contributed by atoms with Gasteiger partial charge in [0, 0.05) is 25.7 Å². The van der Waals surface area contributed by atoms with Gasteiger partial charge in [0.2, 0.25) is 0 Å². The number of aryl methyl sites for hydroxylation is 1. The summed E-state index contributed by atoms with van der Waals surface area (Å²) in [5.74, 6) is -0.0686. The Bertz CT molecular complexity index is 354. The van der Waals surface area contributed by atoms with Crippen molar-refractivity contribution in [2.75, 3.05) is 26.2 Å². The molecular formula is C14H21FN2. The Hall–Kier alpha value is -0.930. The maximum absolute atomic E-state index is 13.4. The molecule has 1 saturated heterocycles. The summed E-state index contributed by atoms with van der Waals surface area (Å²) in [7, 11) is 0. The highest BCUT2D eigenvalue weighted by atomic mass is 19.1. The third-order valence-corrected chi connectivity index (χ3v) is 3.49. The van der Waals surface area contributed by atoms with Gasteiger partial charge in [-0.2, -0.15) is 0 Å². The van der Waals surface area contributed by atoms with Crippen molar-refractivity contribution in [2.45, 2.75) is 25.8 Å². The van der Waals surface area contributed by atoms with Gasteiger partial charge in [-0.1, -0.05) is 18.2 Å². The molecular weight excluding hydrogens is 215 g/mol. The third-order valence-electron chi connectivity index (χ3n) is 3.49. The summed E-state index contributed by atoms with van der Waals surface area (Å²) in [4.78, 5) is 2.48. The molecule has 1 unspecified atom stereocenters. The lowest BCUT2D eigenvalue weighted by Crippen LogP contribution is -2.49. The van der Waals surface area contributed by atoms with Crippen LogP contribution in [0.25, 0.3) is 0 Å². The Morgan fingerprint density at radius 2 is 2.24 bits per heavy atom. The second-order valence-corrected chi connectivity index (χ2v) is 4.78. The fraction of sp³-hybridized carbons (Fsp3) is 0.571. The number of hydrogen-bond acceptors (Lipinski definition) is 2. The van der Waals surface area contributed by atoms with E-state index in [1.54, 1.807) is 12.1 Å². The highest BCUT2D eigenvalue weighted by molar-refractivity contribution is 5.17. The van der Waals surface area contributed by atoms with Crippen molar-refractivity contribution in [1.82, 2.24) is 10.2 Å². The first-order valence-corrected chi connectivity index (χ1v) is 6.45. The van der Waals surface area contributed by atoms with Gasteiger partial charge >= 0.3 is 0 Å². The molecule has 2 nitrogen and oxygen atoms in total. The third kappa shape index (κ3) is 3.51. The molecule has 94 valence electrons. The average molecular weight is 236 g/mol. The van der Waals surface area contributed by atoms with Crippen LogP contribution in [0.15, 0.2) is 24.3 Å². The molecule has 1 N–H and O–H groups in total. The van der Waals surface area contributed by atoms with Gasteiger partial charge in [-0.3, -0.25) is 4.90 Å². The van der Waals surface area contributed by atoms with E-state index in [-0.39, 0.29) is 5.82 Å². The first-order chi connectivity index (χ1) is 8.27. The van der Waals surface area contributed by atoms with E-state index in [0.29, 0.717) is 6.04 Å². The van der Waals surface area contributed by atoms with Crippen molar-refractivity contribution in [2.24, 2.45) is 0 Å². The standard InChI is InChI=1S/C14H21FN2/c1-12-11-16-8-10-17(12)9-4-6-13-5-2-3-7-14(13)15/h2-3,5,7,12,16H,4,6,8-11H2,1H3. The zero-order valence-corrected chi connectivity index (χ0v) is 10.5. The number of hydrogen-bond donors (Lipinski definition) is 1. The zero-order valence-electron chi connectivity index (χ0n) is 10.5. The quantitative estimate of drug-likeness (QED) is 0.860. The minimum absolute atomic E-state index is 0.0686. The Morgan fingerprint density at radius 3 is 3.00 bits per heavy atom. The summed E-state index contributed by atoms with van der Waals surface area (Å²) < 4.78 is 13.4. The van der Waals surface area contributed by atoms with E-state index in [1.807, 2.05) is 12.1 Å². The summed E-state index contributed by atoms with van der Waals surface area (Å²) in [6.45, 7) is 6.56. The van der Waals surface area contributed by atoms with Crippen LogP contribution in [0.2, 0.25) is 0 Å². The summed E-state index contributed by atoms with van der Waals surface area (Å²) in [5.41, 5.74) is 0.843. The van der Waals surface area contributed by atoms with Crippen LogP contribution in [0.5, 0.6) is 0 Å². The van der Waals surface area contributed by atoms with Crippen molar-refractivity contribution >= 4 is 0 Å². The predicted molar refractivity (Wildman–Crippen MR) is 68.6 cm³/mol. The first-order valence-electron chi connectivity index (χ1n) is 6.45. The van der Waals surface area contributed by atoms with Gasteiger partial charge in [-0.15, -0.1) is 0 Å². The zero-order chi connectivity index (χ0) is 12.1. The molecule has 1 fully saturated rings. The molecule has 1 atom stereocenters. The molecule has 1 aliphatic heterocycles. The van der Waals surface area contributed by atoms with E-state index in [1.165, 1.54) is 0 Å². The highest BCUT2D eigenvalue weighted by Gasteiger charge is 2.16. The molecule has 3 heteroatoms. The van der Waals surface area contributed by atoms with Gasteiger partial charge in [0.1, 0.15) is 5.82 Å². The first kappa shape index (κ1) is 12.5. The summed E-state index contributed by atoms with van der Waals surface area (Å²) in [5, 5.41) is 3.38. The monoisotopic (exact) mass is 236 g/mol. The van der Waals surface area contributed by atoms with Crippen LogP contribution in [0.1, 0.15) is 18.9 Å². The number of nitrogens with one attached hydrogen (secondary N) is 1. The van der Waals surface area contributed by atoms with Gasteiger partial charge < -0.3 is 5.32 Å². The van der Waals surface area contributed by atoms with Crippen LogP contribution >= 0.6 is 0 Å². The second kappa shape index (κ2) is 6.12. The van der Waals surface area contributed by atoms with Gasteiger partial charge in [0.15, 0.2) is 0 Å². The Balaban J connectivity index is 1.77. The molecule has 0 saturated carbocycles. The molecule has 1 aromatic rings. The fourth-order valence-corrected chi connectivity index (χ4v) is 2.39. The molecule has 0 amide bonds. The molecule has 0 radical (unpaired) electrons. The largest absolute Gasteiger partial charge is 0.314 e. The molecule has 17 heavy (non-hydrogen) atoms. The summed E-state index contributed by atoms with van der Waals surface area (Å²) in [6, 6.07) is 7.69. The van der Waals surface area contributed by atoms with E-state index in [4.69, 9.17) is 0 Å². The van der Waals surface area contributed by atoms with Gasteiger partial charge in [0.25, 0.3) is 0 Å². The van der Waals surface area contributed by atoms with Crippen molar-refractivity contribution in [3.63, 3.8) is 0 Å². The lowest BCUT2D eigenvalue weighted by atomic mass is 10.1. The summed E-state index contributed by atoms with van der Waals surface area (Å²) >= 11 is 0. The number of rotatable bonds is 4. The van der Waals surface area contributed by atoms with Crippen molar-refractivity contribution in [3.8, 4) is 0 Å². The van der Waals surface area contributed by atoms with E-state index < -0.39 is 0 Å². The molecule has 0 spiro atoms. The van der Waals surface area contributed by atoms with Crippen molar-refractivity contribution in [3.05, 3.63) is 35.6 Å². The number of piperazine rings is 1. The molecule has 1 aliphatic rings. The van der Waals surface area contributed by atoms with Crippen molar-refractivity contribution < 1.29 is 4.39 Å². The van der Waals surface area contributed by atoms with E-state index in [9.17, 15) is 4.39 Å². The van der Waals surface area contributed by atoms with Crippen LogP contribution in [-0.2, 0) is 6.42 Å². The Morgan fingerprint density at radius 1 is 1.41 bits per heavy atom. The lowest BCUT2D eigenvalue weighted by Gasteiger charge is -2.33. The normalized spacial score (nSPS) is 21.6. The minimum Gasteiger partial charge on any atom is -0.314 e. The van der Waals surface area contributed by atoms with E-state index in [0.717, 1.165) is 44.6 Å². The van der Waals surface area contributed by atoms with Crippen molar-refractivity contribution in [1.29, 1.82) is 0 Å². The van der Waals surface area contributed by atoms with Crippen LogP contribution < -0.4 is 5.32 Å². The highest BCUT2D eigenvalue weighted by Crippen LogP contribution is 2.10. The Labute approximate surface area is 103 Å². The predicted octanol–water partition coefficient (Wildman–Crippen LogP) is 2.05. The summed E-state index contributed by atoms with van der Waals surface area (Å²) in [6.07, 6.45) is 1.87. The average Bonchev–Trinajstić information content (AvgIpc) is 2.34. The smallest absolute Gasteiger partial charge is 0.126 e. The molecule has 0 aromatic heterocycles. The minimum atomic E-state index is -0.0686. The van der Waals surface area contributed by atoms with Gasteiger partial charge in [-0.25, -0.2) is 4.39 Å². The van der Waals surface area contributed by atoms with Crippen LogP contribution in [0.4, 0.5) is 4.39 Å². The Kier molecular flexibility index (Phi) is 4.51. The van der Waals surface area contributed by atoms with E-state index in [2.05, 4.69) is 17.1 Å². The van der Waals surface area contributed by atoms with Gasteiger partial charge in [0.05, 0.1) is 0 Å². The second-order valence-electron chi connectivity index (χ2n) is 4.78. The fourth-order valence-electron chi connectivity index (χ4n) is 2.39. The van der Waals surface area contributed by atoms with Crippen LogP contribution in [0.3, 0.4) is 0 Å².